The molecule has 2 aromatic carbocycles. The third-order valence-electron chi connectivity index (χ3n) is 3.92. The number of nitrogens with one attached hydrogen (secondary N) is 1. The Morgan fingerprint density at radius 3 is 2.60 bits per heavy atom. The Balaban J connectivity index is 1.79. The Kier molecular flexibility index (Phi) is 4.84. The van der Waals surface area contributed by atoms with E-state index < -0.39 is 0 Å². The van der Waals surface area contributed by atoms with E-state index in [-0.39, 0.29) is 5.91 Å². The van der Waals surface area contributed by atoms with Crippen molar-refractivity contribution in [2.75, 3.05) is 11.9 Å². The monoisotopic (exact) mass is 335 g/mol. The van der Waals surface area contributed by atoms with Crippen molar-refractivity contribution in [3.05, 3.63) is 71.5 Å². The molecule has 5 nitrogen and oxygen atoms in total. The molecule has 0 aliphatic carbocycles. The number of carbonyl (C=O) groups is 1. The zero-order valence-electron chi connectivity index (χ0n) is 14.6. The van der Waals surface area contributed by atoms with E-state index in [1.165, 1.54) is 0 Å². The zero-order valence-corrected chi connectivity index (χ0v) is 14.6. The first kappa shape index (κ1) is 16.8. The van der Waals surface area contributed by atoms with Gasteiger partial charge in [-0.05, 0) is 62.7 Å². The van der Waals surface area contributed by atoms with Crippen LogP contribution in [0.15, 0.2) is 54.7 Å². The number of aromatic nitrogens is 2. The van der Waals surface area contributed by atoms with Gasteiger partial charge in [0.15, 0.2) is 0 Å². The molecule has 25 heavy (non-hydrogen) atoms. The maximum Gasteiger partial charge on any atom is 0.259 e. The normalized spacial score (nSPS) is 10.5. The number of carbonyl (C=O) groups excluding carboxylic acids is 1. The molecule has 0 saturated heterocycles. The van der Waals surface area contributed by atoms with Crippen LogP contribution in [0.4, 0.5) is 5.69 Å². The van der Waals surface area contributed by atoms with Crippen LogP contribution >= 0.6 is 0 Å². The van der Waals surface area contributed by atoms with E-state index in [1.54, 1.807) is 10.9 Å². The average Bonchev–Trinajstić information content (AvgIpc) is 2.98. The second kappa shape index (κ2) is 7.21. The van der Waals surface area contributed by atoms with Gasteiger partial charge in [0.2, 0.25) is 0 Å². The Labute approximate surface area is 147 Å². The Morgan fingerprint density at radius 1 is 1.16 bits per heavy atom. The molecule has 1 amide bonds. The standard InChI is InChI=1S/C20H21N3O2/c1-4-25-18-10-8-16(9-11-18)22-20(24)19-13-21-23(15(19)3)17-7-5-6-14(2)12-17/h5-13H,4H2,1-3H3,(H,22,24). The fraction of sp³-hybridized carbons (Fsp3) is 0.200. The molecular weight excluding hydrogens is 314 g/mol. The maximum absolute atomic E-state index is 12.6. The number of rotatable bonds is 5. The lowest BCUT2D eigenvalue weighted by atomic mass is 10.2. The van der Waals surface area contributed by atoms with Crippen LogP contribution in [0, 0.1) is 13.8 Å². The highest BCUT2D eigenvalue weighted by atomic mass is 16.5. The predicted octanol–water partition coefficient (Wildman–Crippen LogP) is 4.14. The summed E-state index contributed by atoms with van der Waals surface area (Å²) in [5.41, 5.74) is 4.16. The second-order valence-electron chi connectivity index (χ2n) is 5.81. The highest BCUT2D eigenvalue weighted by molar-refractivity contribution is 6.05. The van der Waals surface area contributed by atoms with Gasteiger partial charge in [-0.3, -0.25) is 4.79 Å². The van der Waals surface area contributed by atoms with Crippen molar-refractivity contribution in [1.29, 1.82) is 0 Å². The number of anilines is 1. The molecule has 1 aromatic heterocycles. The highest BCUT2D eigenvalue weighted by Gasteiger charge is 2.15. The molecule has 3 aromatic rings. The topological polar surface area (TPSA) is 56.1 Å². The van der Waals surface area contributed by atoms with E-state index in [9.17, 15) is 4.79 Å². The third-order valence-corrected chi connectivity index (χ3v) is 3.92. The molecule has 0 fully saturated rings. The first-order valence-electron chi connectivity index (χ1n) is 8.24. The molecule has 0 saturated carbocycles. The third kappa shape index (κ3) is 3.71. The van der Waals surface area contributed by atoms with Crippen LogP contribution in [0.1, 0.15) is 28.5 Å². The summed E-state index contributed by atoms with van der Waals surface area (Å²) < 4.78 is 7.18. The maximum atomic E-state index is 12.6. The van der Waals surface area contributed by atoms with Gasteiger partial charge in [-0.15, -0.1) is 0 Å². The zero-order chi connectivity index (χ0) is 17.8. The van der Waals surface area contributed by atoms with Crippen molar-refractivity contribution in [1.82, 2.24) is 9.78 Å². The van der Waals surface area contributed by atoms with E-state index in [1.807, 2.05) is 69.3 Å². The summed E-state index contributed by atoms with van der Waals surface area (Å²) in [6, 6.07) is 15.3. The van der Waals surface area contributed by atoms with Crippen LogP contribution in [0.25, 0.3) is 5.69 Å². The molecule has 1 heterocycles. The lowest BCUT2D eigenvalue weighted by Gasteiger charge is -2.08. The van der Waals surface area contributed by atoms with Crippen LogP contribution in [-0.2, 0) is 0 Å². The molecule has 128 valence electrons. The number of hydrogen-bond donors (Lipinski definition) is 1. The van der Waals surface area contributed by atoms with Gasteiger partial charge < -0.3 is 10.1 Å². The van der Waals surface area contributed by atoms with Crippen molar-refractivity contribution >= 4 is 11.6 Å². The van der Waals surface area contributed by atoms with Crippen molar-refractivity contribution < 1.29 is 9.53 Å². The molecule has 0 unspecified atom stereocenters. The van der Waals surface area contributed by atoms with Gasteiger partial charge in [-0.1, -0.05) is 12.1 Å². The van der Waals surface area contributed by atoms with E-state index >= 15 is 0 Å². The van der Waals surface area contributed by atoms with E-state index in [4.69, 9.17) is 4.74 Å². The van der Waals surface area contributed by atoms with Gasteiger partial charge in [-0.25, -0.2) is 4.68 Å². The lowest BCUT2D eigenvalue weighted by Crippen LogP contribution is -2.13. The lowest BCUT2D eigenvalue weighted by molar-refractivity contribution is 0.102. The molecule has 0 aliphatic heterocycles. The number of hydrogen-bond acceptors (Lipinski definition) is 3. The minimum Gasteiger partial charge on any atom is -0.494 e. The summed E-state index contributed by atoms with van der Waals surface area (Å²) >= 11 is 0. The van der Waals surface area contributed by atoms with Gasteiger partial charge in [0.05, 0.1) is 29.7 Å². The number of benzene rings is 2. The molecule has 3 rings (SSSR count). The molecule has 0 aliphatic rings. The van der Waals surface area contributed by atoms with Gasteiger partial charge in [0, 0.05) is 5.69 Å². The number of nitrogens with zero attached hydrogens (tertiary/aromatic N) is 2. The van der Waals surface area contributed by atoms with Gasteiger partial charge in [-0.2, -0.15) is 5.10 Å². The summed E-state index contributed by atoms with van der Waals surface area (Å²) in [6.07, 6.45) is 1.60. The number of aryl methyl sites for hydroxylation is 1. The summed E-state index contributed by atoms with van der Waals surface area (Å²) in [4.78, 5) is 12.6. The van der Waals surface area contributed by atoms with Gasteiger partial charge in [0.25, 0.3) is 5.91 Å². The number of amides is 1. The van der Waals surface area contributed by atoms with Crippen molar-refractivity contribution in [2.24, 2.45) is 0 Å². The second-order valence-corrected chi connectivity index (χ2v) is 5.81. The Hall–Kier alpha value is -3.08. The average molecular weight is 335 g/mol. The molecule has 0 atom stereocenters. The molecule has 0 spiro atoms. The Morgan fingerprint density at radius 2 is 1.92 bits per heavy atom. The molecule has 5 heteroatoms. The van der Waals surface area contributed by atoms with Crippen molar-refractivity contribution in [3.8, 4) is 11.4 Å². The first-order chi connectivity index (χ1) is 12.1. The SMILES string of the molecule is CCOc1ccc(NC(=O)c2cnn(-c3cccc(C)c3)c2C)cc1. The molecule has 1 N–H and O–H groups in total. The Bertz CT molecular complexity index is 882. The van der Waals surface area contributed by atoms with Crippen molar-refractivity contribution in [3.63, 3.8) is 0 Å². The first-order valence-corrected chi connectivity index (χ1v) is 8.24. The quantitative estimate of drug-likeness (QED) is 0.762. The molecular formula is C20H21N3O2. The van der Waals surface area contributed by atoms with Crippen LogP contribution in [0.5, 0.6) is 5.75 Å². The van der Waals surface area contributed by atoms with E-state index in [2.05, 4.69) is 10.4 Å². The van der Waals surface area contributed by atoms with Crippen LogP contribution in [0.2, 0.25) is 0 Å². The minimum atomic E-state index is -0.180. The largest absolute Gasteiger partial charge is 0.494 e. The highest BCUT2D eigenvalue weighted by Crippen LogP contribution is 2.19. The molecule has 0 bridgehead atoms. The van der Waals surface area contributed by atoms with Gasteiger partial charge in [0.1, 0.15) is 5.75 Å². The van der Waals surface area contributed by atoms with E-state index in [0.717, 1.165) is 28.4 Å². The summed E-state index contributed by atoms with van der Waals surface area (Å²) in [7, 11) is 0. The minimum absolute atomic E-state index is 0.180. The van der Waals surface area contributed by atoms with Gasteiger partial charge >= 0.3 is 0 Å². The van der Waals surface area contributed by atoms with Crippen LogP contribution in [-0.4, -0.2) is 22.3 Å². The fourth-order valence-electron chi connectivity index (χ4n) is 2.65. The summed E-state index contributed by atoms with van der Waals surface area (Å²) in [5, 5.41) is 7.26. The number of ether oxygens (including phenoxy) is 1. The van der Waals surface area contributed by atoms with E-state index in [0.29, 0.717) is 12.2 Å². The summed E-state index contributed by atoms with van der Waals surface area (Å²) in [6.45, 7) is 6.47. The predicted molar refractivity (Wildman–Crippen MR) is 98.6 cm³/mol. The smallest absolute Gasteiger partial charge is 0.259 e. The van der Waals surface area contributed by atoms with Crippen LogP contribution < -0.4 is 10.1 Å². The fourth-order valence-corrected chi connectivity index (χ4v) is 2.65. The van der Waals surface area contributed by atoms with Crippen LogP contribution in [0.3, 0.4) is 0 Å². The van der Waals surface area contributed by atoms with Crippen molar-refractivity contribution in [2.45, 2.75) is 20.8 Å². The molecule has 0 radical (unpaired) electrons. The summed E-state index contributed by atoms with van der Waals surface area (Å²) in [5.74, 6) is 0.601.